The Bertz CT molecular complexity index is 3440. The summed E-state index contributed by atoms with van der Waals surface area (Å²) in [6.45, 7) is -2.16. The number of carboxylic acid groups (broad SMARTS) is 1. The third-order valence-corrected chi connectivity index (χ3v) is 15.3. The van der Waals surface area contributed by atoms with E-state index in [0.29, 0.717) is 39.5 Å². The first-order chi connectivity index (χ1) is 36.2. The molecule has 22 nitrogen and oxygen atoms in total. The number of hydrogen-bond donors (Lipinski definition) is 6. The lowest BCUT2D eigenvalue weighted by Crippen LogP contribution is -2.46. The van der Waals surface area contributed by atoms with Crippen LogP contribution in [0.1, 0.15) is 28.1 Å². The zero-order valence-corrected chi connectivity index (χ0v) is 42.3. The van der Waals surface area contributed by atoms with E-state index in [2.05, 4.69) is 35.6 Å². The molecule has 1 atom stereocenters. The van der Waals surface area contributed by atoms with Crippen LogP contribution >= 0.6 is 0 Å². The number of tetrazole rings is 1. The summed E-state index contributed by atoms with van der Waals surface area (Å²) in [7, 11) is -5.63. The van der Waals surface area contributed by atoms with Gasteiger partial charge in [-0.05, 0) is 81.6 Å². The summed E-state index contributed by atoms with van der Waals surface area (Å²) in [6.07, 6.45) is -2.20. The topological polar surface area (TPSA) is 291 Å². The van der Waals surface area contributed by atoms with E-state index in [4.69, 9.17) is 24.0 Å². The number of amides is 2. The van der Waals surface area contributed by atoms with E-state index in [1.54, 1.807) is 121 Å². The maximum atomic E-state index is 16.2. The van der Waals surface area contributed by atoms with Crippen molar-refractivity contribution in [1.29, 1.82) is 0 Å². The molecule has 0 unspecified atom stereocenters. The Morgan fingerprint density at radius 2 is 1.33 bits per heavy atom. The smallest absolute Gasteiger partial charge is 0.407 e. The quantitative estimate of drug-likeness (QED) is 0.0449. The molecule has 2 amide bonds. The highest BCUT2D eigenvalue weighted by Crippen LogP contribution is 2.43. The number of rotatable bonds is 23. The van der Waals surface area contributed by atoms with Gasteiger partial charge in [0.15, 0.2) is 0 Å². The maximum absolute atomic E-state index is 16.2. The number of imidazole rings is 1. The number of H-pyrrole nitrogens is 1. The van der Waals surface area contributed by atoms with Gasteiger partial charge in [0.2, 0.25) is 25.9 Å². The lowest BCUT2D eigenvalue weighted by molar-refractivity contribution is 0.137. The molecule has 8 aromatic rings. The summed E-state index contributed by atoms with van der Waals surface area (Å²) in [6, 6.07) is 35.3. The lowest BCUT2D eigenvalue weighted by atomic mass is 9.98. The standard InChI is InChI=1S/C51H52N10O12S2/c1-70-38-18-12-33(13-19-38)28-60(29-34-14-20-39(71-2)21-15-34)75(68,69)48-44(74(66,67)58-37(31-62)26-53-51(65)73-32-36-8-5-4-6-9-36)25-24-41(42-10-7-11-43-47(42)55-45(54-43)27-52-50(63)64)46(48)49-56-59-61(57-49)30-35-16-22-40(72-3)23-17-35/h4-25,37,52,58,62H,26-32H2,1-3H3,(H,53,65)(H,54,55)(H,63,64)/t37-/m0/s1. The first kappa shape index (κ1) is 52.9. The highest BCUT2D eigenvalue weighted by molar-refractivity contribution is 7.92. The Kier molecular flexibility index (Phi) is 16.7. The van der Waals surface area contributed by atoms with Crippen LogP contribution in [0.2, 0.25) is 0 Å². The summed E-state index contributed by atoms with van der Waals surface area (Å²) < 4.78 is 87.7. The van der Waals surface area contributed by atoms with E-state index < -0.39 is 61.2 Å². The van der Waals surface area contributed by atoms with Crippen LogP contribution in [0.3, 0.4) is 0 Å². The van der Waals surface area contributed by atoms with Crippen molar-refractivity contribution in [3.05, 3.63) is 162 Å². The van der Waals surface area contributed by atoms with Crippen LogP contribution in [0.15, 0.2) is 143 Å². The molecule has 2 heterocycles. The molecule has 8 rings (SSSR count). The normalized spacial score (nSPS) is 12.1. The molecule has 6 N–H and O–H groups in total. The van der Waals surface area contributed by atoms with E-state index in [1.807, 2.05) is 0 Å². The monoisotopic (exact) mass is 1060 g/mol. The first-order valence-corrected chi connectivity index (χ1v) is 26.0. The molecule has 2 aromatic heterocycles. The largest absolute Gasteiger partial charge is 0.497 e. The van der Waals surface area contributed by atoms with Gasteiger partial charge in [0.1, 0.15) is 39.5 Å². The summed E-state index contributed by atoms with van der Waals surface area (Å²) in [4.78, 5) is 31.8. The number of aromatic amines is 1. The number of aliphatic hydroxyl groups excluding tert-OH is 1. The van der Waals surface area contributed by atoms with Gasteiger partial charge in [0.25, 0.3) is 0 Å². The number of carbonyl (C=O) groups excluding carboxylic acids is 1. The van der Waals surface area contributed by atoms with Crippen LogP contribution in [0, 0.1) is 0 Å². The second-order valence-corrected chi connectivity index (χ2v) is 20.3. The number of ether oxygens (including phenoxy) is 4. The minimum Gasteiger partial charge on any atom is -0.497 e. The van der Waals surface area contributed by atoms with Crippen molar-refractivity contribution in [2.75, 3.05) is 34.5 Å². The van der Waals surface area contributed by atoms with Gasteiger partial charge in [-0.1, -0.05) is 84.9 Å². The van der Waals surface area contributed by atoms with Gasteiger partial charge in [-0.3, -0.25) is 0 Å². The van der Waals surface area contributed by atoms with Crippen molar-refractivity contribution in [3.8, 4) is 39.8 Å². The molecule has 6 aromatic carbocycles. The fraction of sp³-hybridized carbons (Fsp3) is 0.216. The molecule has 0 bridgehead atoms. The highest BCUT2D eigenvalue weighted by atomic mass is 32.2. The molecular formula is C51H52N10O12S2. The van der Waals surface area contributed by atoms with Gasteiger partial charge < -0.3 is 44.8 Å². The zero-order valence-electron chi connectivity index (χ0n) is 40.7. The van der Waals surface area contributed by atoms with E-state index in [1.165, 1.54) is 32.2 Å². The average molecular weight is 1060 g/mol. The Balaban J connectivity index is 1.33. The maximum Gasteiger partial charge on any atom is 0.407 e. The molecule has 24 heteroatoms. The predicted octanol–water partition coefficient (Wildman–Crippen LogP) is 5.68. The fourth-order valence-corrected chi connectivity index (χ4v) is 11.6. The average Bonchev–Trinajstić information content (AvgIpc) is 4.09. The summed E-state index contributed by atoms with van der Waals surface area (Å²) >= 11 is 0. The van der Waals surface area contributed by atoms with Gasteiger partial charge in [0, 0.05) is 25.2 Å². The second kappa shape index (κ2) is 23.6. The van der Waals surface area contributed by atoms with Crippen molar-refractivity contribution in [3.63, 3.8) is 0 Å². The van der Waals surface area contributed by atoms with Gasteiger partial charge in [-0.15, -0.1) is 10.2 Å². The third kappa shape index (κ3) is 12.9. The molecule has 0 saturated carbocycles. The molecule has 390 valence electrons. The number of aliphatic hydroxyl groups is 1. The van der Waals surface area contributed by atoms with Gasteiger partial charge in [-0.25, -0.2) is 36.1 Å². The van der Waals surface area contributed by atoms with Crippen LogP contribution in [-0.4, -0.2) is 114 Å². The summed E-state index contributed by atoms with van der Waals surface area (Å²) in [5.41, 5.74) is 3.21. The van der Waals surface area contributed by atoms with Crippen molar-refractivity contribution >= 4 is 43.3 Å². The van der Waals surface area contributed by atoms with Crippen LogP contribution < -0.4 is 29.6 Å². The number of hydrogen-bond acceptors (Lipinski definition) is 15. The van der Waals surface area contributed by atoms with Gasteiger partial charge >= 0.3 is 12.2 Å². The highest BCUT2D eigenvalue weighted by Gasteiger charge is 2.39. The molecular weight excluding hydrogens is 1010 g/mol. The van der Waals surface area contributed by atoms with Crippen LogP contribution in [0.4, 0.5) is 9.59 Å². The number of alkyl carbamates (subject to hydrolysis) is 1. The number of nitrogens with zero attached hydrogens (tertiary/aromatic N) is 6. The number of methoxy groups -OCH3 is 3. The second-order valence-electron chi connectivity index (χ2n) is 16.8. The van der Waals surface area contributed by atoms with Crippen molar-refractivity contribution in [1.82, 2.24) is 49.8 Å². The van der Waals surface area contributed by atoms with Crippen LogP contribution in [-0.2, 0) is 57.6 Å². The molecule has 0 aliphatic carbocycles. The number of sulfonamides is 2. The van der Waals surface area contributed by atoms with Crippen LogP contribution in [0.5, 0.6) is 17.2 Å². The minimum atomic E-state index is -5.11. The molecule has 0 saturated heterocycles. The molecule has 0 spiro atoms. The number of carbonyl (C=O) groups is 2. The lowest BCUT2D eigenvalue weighted by Gasteiger charge is -2.27. The van der Waals surface area contributed by atoms with Crippen molar-refractivity contribution in [2.24, 2.45) is 0 Å². The predicted molar refractivity (Wildman–Crippen MR) is 274 cm³/mol. The number of aromatic nitrogens is 6. The zero-order chi connectivity index (χ0) is 53.1. The Hall–Kier alpha value is -8.42. The molecule has 75 heavy (non-hydrogen) atoms. The number of para-hydroxylation sites is 1. The summed E-state index contributed by atoms with van der Waals surface area (Å²) in [5.74, 6) is 1.54. The molecule has 0 aliphatic heterocycles. The van der Waals surface area contributed by atoms with Gasteiger partial charge in [0.05, 0.1) is 63.7 Å². The molecule has 0 aliphatic rings. The van der Waals surface area contributed by atoms with E-state index in [9.17, 15) is 19.8 Å². The molecule has 0 fully saturated rings. The SMILES string of the molecule is COc1ccc(CN(Cc2ccc(OC)cc2)S(=O)(=O)c2c(S(=O)(=O)N[C@H](CO)CNC(=O)OCc3ccccc3)ccc(-c3cccc4[nH]c(CNC(=O)O)nc34)c2-c2nnn(Cc3ccc(OC)cc3)n2)cc1. The fourth-order valence-electron chi connectivity index (χ4n) is 7.96. The number of nitrogens with one attached hydrogen (secondary N) is 4. The van der Waals surface area contributed by atoms with Crippen molar-refractivity contribution in [2.45, 2.75) is 48.6 Å². The first-order valence-electron chi connectivity index (χ1n) is 23.0. The van der Waals surface area contributed by atoms with Gasteiger partial charge in [-0.2, -0.15) is 9.10 Å². The summed E-state index contributed by atoms with van der Waals surface area (Å²) in [5, 5.41) is 38.1. The Labute approximate surface area is 431 Å². The van der Waals surface area contributed by atoms with E-state index >= 15 is 16.8 Å². The Morgan fingerprint density at radius 3 is 1.92 bits per heavy atom. The Morgan fingerprint density at radius 1 is 0.720 bits per heavy atom. The van der Waals surface area contributed by atoms with E-state index in [0.717, 1.165) is 15.9 Å². The van der Waals surface area contributed by atoms with Crippen LogP contribution in [0.25, 0.3) is 33.5 Å². The number of fused-ring (bicyclic) bond motifs is 1. The number of benzene rings is 6. The van der Waals surface area contributed by atoms with E-state index in [-0.39, 0.29) is 66.6 Å². The third-order valence-electron chi connectivity index (χ3n) is 11.7. The molecule has 0 radical (unpaired) electrons. The van der Waals surface area contributed by atoms with Crippen molar-refractivity contribution < 1.29 is 55.6 Å². The minimum absolute atomic E-state index is 0.0445.